The minimum Gasteiger partial charge on any atom is -0.477 e. The molecule has 1 N–H and O–H groups in total. The first-order valence-electron chi connectivity index (χ1n) is 13.4. The van der Waals surface area contributed by atoms with E-state index in [4.69, 9.17) is 13.9 Å². The van der Waals surface area contributed by atoms with Crippen LogP contribution in [0.25, 0.3) is 22.4 Å². The molecule has 0 unspecified atom stereocenters. The molecule has 5 rings (SSSR count). The molecular formula is C30H34N2O7S. The molecule has 0 bridgehead atoms. The van der Waals surface area contributed by atoms with Crippen LogP contribution in [0.2, 0.25) is 0 Å². The average molecular weight is 567 g/mol. The molecule has 1 fully saturated rings. The van der Waals surface area contributed by atoms with Gasteiger partial charge >= 0.3 is 5.97 Å². The van der Waals surface area contributed by atoms with E-state index in [-0.39, 0.29) is 22.8 Å². The Bertz CT molecular complexity index is 1640. The molecule has 2 heterocycles. The number of carbonyl (C=O) groups is 1. The predicted octanol–water partition coefficient (Wildman–Crippen LogP) is 5.56. The van der Waals surface area contributed by atoms with Crippen molar-refractivity contribution in [2.45, 2.75) is 69.8 Å². The smallest absolute Gasteiger partial charge is 0.352 e. The summed E-state index contributed by atoms with van der Waals surface area (Å²) in [5.41, 5.74) is 3.63. The third kappa shape index (κ3) is 6.29. The summed E-state index contributed by atoms with van der Waals surface area (Å²) in [5.74, 6) is 0.268. The number of hydrogen-bond acceptors (Lipinski definition) is 7. The zero-order valence-electron chi connectivity index (χ0n) is 22.9. The lowest BCUT2D eigenvalue weighted by Gasteiger charge is -2.29. The summed E-state index contributed by atoms with van der Waals surface area (Å²) >= 11 is 0. The third-order valence-electron chi connectivity index (χ3n) is 7.38. The fourth-order valence-electron chi connectivity index (χ4n) is 5.27. The first-order valence-corrected chi connectivity index (χ1v) is 15.3. The van der Waals surface area contributed by atoms with Crippen molar-refractivity contribution in [2.24, 2.45) is 0 Å². The minimum absolute atomic E-state index is 0.00644. The largest absolute Gasteiger partial charge is 0.477 e. The van der Waals surface area contributed by atoms with Gasteiger partial charge in [-0.1, -0.05) is 17.7 Å². The summed E-state index contributed by atoms with van der Waals surface area (Å²) < 4.78 is 43.8. The van der Waals surface area contributed by atoms with Gasteiger partial charge in [-0.2, -0.15) is 0 Å². The minimum atomic E-state index is -3.40. The van der Waals surface area contributed by atoms with Gasteiger partial charge in [0.1, 0.15) is 17.1 Å². The molecule has 1 saturated carbocycles. The van der Waals surface area contributed by atoms with Crippen LogP contribution in [0.4, 0.5) is 0 Å². The Labute approximate surface area is 233 Å². The standard InChI is InChI=1S/C30H34N2O7S/c1-19-6-4-7-21(14-19)29-31-26(20(2)39-29)18-38-24-9-5-8-23(17-24)37-13-12-32-27-11-10-25(40(3,35)36)15-22(27)16-28(32)30(33)34/h4,6-7,10-11,14-16,23-24H,5,8-9,12-13,17-18H2,1-3H3,(H,33,34)/t23-,24+/m1/s1. The Morgan fingerprint density at radius 1 is 1.10 bits per heavy atom. The maximum Gasteiger partial charge on any atom is 0.352 e. The van der Waals surface area contributed by atoms with Crippen molar-refractivity contribution in [3.8, 4) is 11.5 Å². The van der Waals surface area contributed by atoms with Gasteiger partial charge in [0.25, 0.3) is 0 Å². The van der Waals surface area contributed by atoms with Crippen LogP contribution < -0.4 is 0 Å². The highest BCUT2D eigenvalue weighted by Gasteiger charge is 2.25. The van der Waals surface area contributed by atoms with Crippen LogP contribution in [0.3, 0.4) is 0 Å². The van der Waals surface area contributed by atoms with E-state index in [9.17, 15) is 18.3 Å². The SMILES string of the molecule is Cc1cccc(-c2nc(CO[C@H]3CCC[C@@H](OCCn4c(C(=O)O)cc5cc(S(C)(=O)=O)ccc54)C3)c(C)o2)c1. The normalized spacial score (nSPS) is 17.9. The van der Waals surface area contributed by atoms with E-state index in [0.29, 0.717) is 36.6 Å². The summed E-state index contributed by atoms with van der Waals surface area (Å²) in [6.45, 7) is 4.97. The van der Waals surface area contributed by atoms with E-state index >= 15 is 0 Å². The monoisotopic (exact) mass is 566 g/mol. The molecule has 0 spiro atoms. The van der Waals surface area contributed by atoms with Crippen LogP contribution in [0.15, 0.2) is 57.8 Å². The van der Waals surface area contributed by atoms with Gasteiger partial charge in [0.05, 0.1) is 30.3 Å². The molecule has 10 heteroatoms. The van der Waals surface area contributed by atoms with Crippen LogP contribution in [0.1, 0.15) is 53.2 Å². The molecule has 212 valence electrons. The second-order valence-corrected chi connectivity index (χ2v) is 12.5. The maximum absolute atomic E-state index is 11.9. The number of carboxylic acids is 1. The van der Waals surface area contributed by atoms with Crippen molar-refractivity contribution in [1.82, 2.24) is 9.55 Å². The fourth-order valence-corrected chi connectivity index (χ4v) is 5.93. The number of aromatic nitrogens is 2. The van der Waals surface area contributed by atoms with Gasteiger partial charge in [-0.05, 0) is 75.9 Å². The van der Waals surface area contributed by atoms with Gasteiger partial charge in [-0.3, -0.25) is 0 Å². The van der Waals surface area contributed by atoms with Crippen molar-refractivity contribution in [2.75, 3.05) is 12.9 Å². The van der Waals surface area contributed by atoms with E-state index in [1.54, 1.807) is 10.6 Å². The quantitative estimate of drug-likeness (QED) is 0.265. The highest BCUT2D eigenvalue weighted by Crippen LogP contribution is 2.28. The first kappa shape index (κ1) is 28.1. The van der Waals surface area contributed by atoms with Crippen LogP contribution in [0.5, 0.6) is 0 Å². The molecular weight excluding hydrogens is 532 g/mol. The molecule has 0 amide bonds. The molecule has 2 aromatic heterocycles. The topological polar surface area (TPSA) is 121 Å². The zero-order valence-corrected chi connectivity index (χ0v) is 23.7. The van der Waals surface area contributed by atoms with Gasteiger partial charge in [0, 0.05) is 29.3 Å². The lowest BCUT2D eigenvalue weighted by Crippen LogP contribution is -2.29. The lowest BCUT2D eigenvalue weighted by atomic mass is 9.95. The number of nitrogens with zero attached hydrogens (tertiary/aromatic N) is 2. The Morgan fingerprint density at radius 2 is 1.88 bits per heavy atom. The number of aromatic carboxylic acids is 1. The zero-order chi connectivity index (χ0) is 28.4. The molecule has 4 aromatic rings. The van der Waals surface area contributed by atoms with Crippen molar-refractivity contribution >= 4 is 26.7 Å². The maximum atomic E-state index is 11.9. The Morgan fingerprint density at radius 3 is 2.60 bits per heavy atom. The number of hydrogen-bond donors (Lipinski definition) is 1. The number of rotatable bonds is 10. The van der Waals surface area contributed by atoms with Crippen molar-refractivity contribution in [1.29, 1.82) is 0 Å². The highest BCUT2D eigenvalue weighted by molar-refractivity contribution is 7.90. The molecule has 9 nitrogen and oxygen atoms in total. The third-order valence-corrected chi connectivity index (χ3v) is 8.49. The molecule has 2 atom stereocenters. The number of carboxylic acid groups (broad SMARTS) is 1. The number of sulfone groups is 1. The molecule has 40 heavy (non-hydrogen) atoms. The van der Waals surface area contributed by atoms with Gasteiger partial charge < -0.3 is 23.6 Å². The summed E-state index contributed by atoms with van der Waals surface area (Å²) in [7, 11) is -3.40. The van der Waals surface area contributed by atoms with Crippen LogP contribution >= 0.6 is 0 Å². The summed E-state index contributed by atoms with van der Waals surface area (Å²) in [5, 5.41) is 10.3. The van der Waals surface area contributed by atoms with Gasteiger partial charge in [-0.15, -0.1) is 0 Å². The first-order chi connectivity index (χ1) is 19.1. The van der Waals surface area contributed by atoms with Crippen molar-refractivity contribution in [3.05, 3.63) is 71.2 Å². The van der Waals surface area contributed by atoms with Crippen LogP contribution in [-0.4, -0.2) is 54.1 Å². The van der Waals surface area contributed by atoms with Crippen molar-refractivity contribution in [3.63, 3.8) is 0 Å². The molecule has 0 saturated heterocycles. The number of oxazole rings is 1. The summed E-state index contributed by atoms with van der Waals surface area (Å²) in [6.07, 6.45) is 4.75. The Balaban J connectivity index is 1.18. The van der Waals surface area contributed by atoms with E-state index < -0.39 is 15.8 Å². The molecule has 2 aromatic carbocycles. The number of aryl methyl sites for hydroxylation is 2. The van der Waals surface area contributed by atoms with Gasteiger partial charge in [-0.25, -0.2) is 18.2 Å². The molecule has 0 aliphatic heterocycles. The van der Waals surface area contributed by atoms with E-state index in [2.05, 4.69) is 4.98 Å². The summed E-state index contributed by atoms with van der Waals surface area (Å²) in [6, 6.07) is 14.2. The predicted molar refractivity (Wildman–Crippen MR) is 150 cm³/mol. The van der Waals surface area contributed by atoms with Crippen LogP contribution in [-0.2, 0) is 32.5 Å². The Kier molecular flexibility index (Phi) is 8.11. The fraction of sp³-hybridized carbons (Fsp3) is 0.400. The van der Waals surface area contributed by atoms with E-state index in [1.807, 2.05) is 38.1 Å². The molecule has 0 radical (unpaired) electrons. The Hall–Kier alpha value is -3.47. The lowest BCUT2D eigenvalue weighted by molar-refractivity contribution is -0.0523. The second-order valence-electron chi connectivity index (χ2n) is 10.5. The number of benzene rings is 2. The van der Waals surface area contributed by atoms with Gasteiger partial charge in [0.15, 0.2) is 9.84 Å². The summed E-state index contributed by atoms with van der Waals surface area (Å²) in [4.78, 5) is 16.7. The van der Waals surface area contributed by atoms with Crippen LogP contribution in [0, 0.1) is 13.8 Å². The highest BCUT2D eigenvalue weighted by atomic mass is 32.2. The van der Waals surface area contributed by atoms with Crippen molar-refractivity contribution < 1.29 is 32.2 Å². The number of fused-ring (bicyclic) bond motifs is 1. The molecule has 1 aliphatic carbocycles. The molecule has 1 aliphatic rings. The van der Waals surface area contributed by atoms with E-state index in [0.717, 1.165) is 54.5 Å². The number of ether oxygens (including phenoxy) is 2. The second kappa shape index (κ2) is 11.6. The van der Waals surface area contributed by atoms with Gasteiger partial charge in [0.2, 0.25) is 5.89 Å². The average Bonchev–Trinajstić information content (AvgIpc) is 3.47. The van der Waals surface area contributed by atoms with E-state index in [1.165, 1.54) is 18.2 Å².